The molecule has 1 fully saturated rings. The second-order valence-electron chi connectivity index (χ2n) is 4.85. The fourth-order valence-corrected chi connectivity index (χ4v) is 5.86. The van der Waals surface area contributed by atoms with Crippen LogP contribution < -0.4 is 0 Å². The summed E-state index contributed by atoms with van der Waals surface area (Å²) in [6.07, 6.45) is -0.533. The predicted molar refractivity (Wildman–Crippen MR) is 94.2 cm³/mol. The van der Waals surface area contributed by atoms with Gasteiger partial charge in [0.1, 0.15) is 6.10 Å². The van der Waals surface area contributed by atoms with Crippen molar-refractivity contribution in [3.8, 4) is 0 Å². The number of rotatable bonds is 6. The van der Waals surface area contributed by atoms with Crippen LogP contribution in [-0.4, -0.2) is 51.9 Å². The summed E-state index contributed by atoms with van der Waals surface area (Å²) in [5.74, 6) is 0. The summed E-state index contributed by atoms with van der Waals surface area (Å²) in [6, 6.07) is 0.0128. The maximum atomic E-state index is 12.0. The second kappa shape index (κ2) is 8.77. The smallest absolute Gasteiger partial charge is 0.421 e. The van der Waals surface area contributed by atoms with Crippen LogP contribution in [0.15, 0.2) is 0 Å². The Morgan fingerprint density at radius 1 is 1.41 bits per heavy atom. The largest absolute Gasteiger partial charge is 0.762 e. The zero-order valence-corrected chi connectivity index (χ0v) is 16.3. The second-order valence-corrected chi connectivity index (χ2v) is 9.94. The minimum atomic E-state index is -2.61. The van der Waals surface area contributed by atoms with Gasteiger partial charge in [-0.15, -0.1) is 0 Å². The Balaban J connectivity index is 2.72. The summed E-state index contributed by atoms with van der Waals surface area (Å²) in [4.78, 5) is 12.0. The van der Waals surface area contributed by atoms with Gasteiger partial charge in [0.05, 0.1) is 25.3 Å². The van der Waals surface area contributed by atoms with E-state index in [9.17, 15) is 4.79 Å². The fraction of sp³-hybridized carbons (Fsp3) is 0.818. The summed E-state index contributed by atoms with van der Waals surface area (Å²) in [5.41, 5.74) is 0. The van der Waals surface area contributed by atoms with Gasteiger partial charge in [-0.2, -0.15) is 4.08 Å². The Kier molecular flexibility index (Phi) is 8.01. The molecule has 11 heteroatoms. The third-order valence-corrected chi connectivity index (χ3v) is 8.20. The summed E-state index contributed by atoms with van der Waals surface area (Å²) >= 11 is 11.3. The van der Waals surface area contributed by atoms with Crippen molar-refractivity contribution in [3.63, 3.8) is 0 Å². The van der Waals surface area contributed by atoms with Gasteiger partial charge in [-0.05, 0) is 39.0 Å². The van der Waals surface area contributed by atoms with Gasteiger partial charge in [0.25, 0.3) is 6.64 Å². The van der Waals surface area contributed by atoms with E-state index in [4.69, 9.17) is 31.0 Å². The minimum Gasteiger partial charge on any atom is -0.762 e. The average molecular weight is 386 g/mol. The van der Waals surface area contributed by atoms with Gasteiger partial charge in [0.2, 0.25) is 0 Å². The van der Waals surface area contributed by atoms with E-state index in [-0.39, 0.29) is 11.1 Å². The number of amides is 1. The van der Waals surface area contributed by atoms with Crippen molar-refractivity contribution in [3.05, 3.63) is 0 Å². The zero-order chi connectivity index (χ0) is 16.9. The summed E-state index contributed by atoms with van der Waals surface area (Å²) < 4.78 is 19.5. The molecule has 0 bridgehead atoms. The molecule has 1 rings (SSSR count). The Hall–Kier alpha value is 0.0400. The highest BCUT2D eigenvalue weighted by Crippen LogP contribution is 2.59. The highest BCUT2D eigenvalue weighted by molar-refractivity contribution is 8.15. The average Bonchev–Trinajstić information content (AvgIpc) is 2.44. The number of ether oxygens (including phenoxy) is 1. The molecule has 0 aromatic heterocycles. The summed E-state index contributed by atoms with van der Waals surface area (Å²) in [5, 5.41) is 7.16. The topological polar surface area (TPSA) is 75.1 Å². The molecule has 0 aliphatic carbocycles. The van der Waals surface area contributed by atoms with E-state index in [2.05, 4.69) is 12.6 Å². The molecular weight excluding hydrogens is 365 g/mol. The Bertz CT molecular complexity index is 456. The molecule has 1 atom stereocenters. The van der Waals surface area contributed by atoms with Crippen molar-refractivity contribution >= 4 is 54.3 Å². The zero-order valence-electron chi connectivity index (χ0n) is 13.0. The lowest BCUT2D eigenvalue weighted by molar-refractivity contribution is 0.120. The molecular formula is C11H21N3O4PS3-. The number of carbonyl (C=O) groups is 1. The molecule has 7 nitrogen and oxygen atoms in total. The molecule has 1 heterocycles. The predicted octanol–water partition coefficient (Wildman–Crippen LogP) is 2.90. The standard InChI is InChI=1S/C11H22N3O4PS3/c1-8(2)14(19(21)16-6-5-7-17-19)22-13(4)11(15)18-9(3)10(12)20/h8-9H,5-7H2,1-4H3,(H2,12,20)/p-1. The van der Waals surface area contributed by atoms with Gasteiger partial charge >= 0.3 is 6.09 Å². The molecule has 1 amide bonds. The van der Waals surface area contributed by atoms with Crippen LogP contribution in [0.5, 0.6) is 0 Å². The first-order valence-corrected chi connectivity index (χ1v) is 10.5. The molecule has 0 aromatic carbocycles. The van der Waals surface area contributed by atoms with Gasteiger partial charge < -0.3 is 31.8 Å². The van der Waals surface area contributed by atoms with Crippen molar-refractivity contribution in [1.29, 1.82) is 5.41 Å². The van der Waals surface area contributed by atoms with Crippen LogP contribution in [0.4, 0.5) is 4.79 Å². The Morgan fingerprint density at radius 3 is 2.41 bits per heavy atom. The van der Waals surface area contributed by atoms with Crippen LogP contribution in [0, 0.1) is 5.41 Å². The van der Waals surface area contributed by atoms with E-state index < -0.39 is 18.8 Å². The third kappa shape index (κ3) is 5.59. The van der Waals surface area contributed by atoms with Crippen molar-refractivity contribution in [2.45, 2.75) is 39.3 Å². The minimum absolute atomic E-state index is 0.0128. The van der Waals surface area contributed by atoms with Gasteiger partial charge in [-0.25, -0.2) is 9.10 Å². The number of hydrogen-bond donors (Lipinski definition) is 1. The molecule has 1 saturated heterocycles. The van der Waals surface area contributed by atoms with Gasteiger partial charge in [0, 0.05) is 13.1 Å². The molecule has 128 valence electrons. The highest BCUT2D eigenvalue weighted by Gasteiger charge is 2.36. The fourth-order valence-electron chi connectivity index (χ4n) is 1.43. The first-order valence-electron chi connectivity index (χ1n) is 6.74. The summed E-state index contributed by atoms with van der Waals surface area (Å²) in [6.45, 7) is 3.95. The molecule has 0 aromatic rings. The first-order chi connectivity index (χ1) is 10.2. The van der Waals surface area contributed by atoms with Gasteiger partial charge in [-0.3, -0.25) is 0 Å². The normalized spacial score (nSPS) is 19.0. The van der Waals surface area contributed by atoms with Crippen molar-refractivity contribution < 1.29 is 18.6 Å². The van der Waals surface area contributed by atoms with Crippen LogP contribution in [0.1, 0.15) is 27.2 Å². The highest BCUT2D eigenvalue weighted by atomic mass is 32.5. The number of nitrogens with zero attached hydrogens (tertiary/aromatic N) is 2. The molecule has 1 unspecified atom stereocenters. The first kappa shape index (κ1) is 20.1. The maximum Gasteiger partial charge on any atom is 0.421 e. The lowest BCUT2D eigenvalue weighted by Crippen LogP contribution is -2.34. The Labute approximate surface area is 146 Å². The SMILES string of the molecule is CC(OC(=O)N(C)SN(C(C)C)P1(=S)OCCCO1)C(=N)[S-]. The Morgan fingerprint density at radius 2 is 1.95 bits per heavy atom. The third-order valence-electron chi connectivity index (χ3n) is 2.59. The molecule has 0 saturated carbocycles. The van der Waals surface area contributed by atoms with Crippen LogP contribution >= 0.6 is 18.8 Å². The molecule has 0 radical (unpaired) electrons. The van der Waals surface area contributed by atoms with Crippen LogP contribution in [0.3, 0.4) is 0 Å². The van der Waals surface area contributed by atoms with Crippen LogP contribution in [0.2, 0.25) is 0 Å². The van der Waals surface area contributed by atoms with Crippen molar-refractivity contribution in [1.82, 2.24) is 8.38 Å². The van der Waals surface area contributed by atoms with E-state index in [1.54, 1.807) is 18.0 Å². The maximum absolute atomic E-state index is 12.0. The van der Waals surface area contributed by atoms with E-state index in [0.29, 0.717) is 13.2 Å². The molecule has 0 spiro atoms. The lowest BCUT2D eigenvalue weighted by Gasteiger charge is -2.38. The quantitative estimate of drug-likeness (QED) is 0.246. The molecule has 1 N–H and O–H groups in total. The lowest BCUT2D eigenvalue weighted by atomic mass is 10.4. The van der Waals surface area contributed by atoms with E-state index >= 15 is 0 Å². The number of carbonyl (C=O) groups excluding carboxylic acids is 1. The van der Waals surface area contributed by atoms with Gasteiger partial charge in [-0.1, -0.05) is 5.04 Å². The monoisotopic (exact) mass is 386 g/mol. The van der Waals surface area contributed by atoms with Crippen molar-refractivity contribution in [2.24, 2.45) is 0 Å². The summed E-state index contributed by atoms with van der Waals surface area (Å²) in [7, 11) is 1.56. The van der Waals surface area contributed by atoms with Crippen LogP contribution in [0.25, 0.3) is 0 Å². The number of hydrogen-bond acceptors (Lipinski definition) is 8. The van der Waals surface area contributed by atoms with E-state index in [1.807, 2.05) is 13.8 Å². The van der Waals surface area contributed by atoms with Crippen LogP contribution in [-0.2, 0) is 38.2 Å². The van der Waals surface area contributed by atoms with Gasteiger partial charge in [0.15, 0.2) is 0 Å². The van der Waals surface area contributed by atoms with Crippen molar-refractivity contribution in [2.75, 3.05) is 20.3 Å². The number of nitrogens with one attached hydrogen (secondary N) is 1. The molecule has 1 aliphatic rings. The molecule has 1 aliphatic heterocycles. The van der Waals surface area contributed by atoms with E-state index in [0.717, 1.165) is 18.6 Å². The van der Waals surface area contributed by atoms with E-state index in [1.165, 1.54) is 4.31 Å². The molecule has 22 heavy (non-hydrogen) atoms.